The second-order valence-electron chi connectivity index (χ2n) is 6.99. The predicted octanol–water partition coefficient (Wildman–Crippen LogP) is 4.50. The molecule has 0 aliphatic rings. The Balaban J connectivity index is 1.92. The first-order chi connectivity index (χ1) is 13.8. The van der Waals surface area contributed by atoms with Crippen LogP contribution < -0.4 is 5.32 Å². The van der Waals surface area contributed by atoms with Gasteiger partial charge in [0.1, 0.15) is 5.69 Å². The number of carbonyl (C=O) groups is 1. The minimum atomic E-state index is -0.720. The third-order valence-corrected chi connectivity index (χ3v) is 4.65. The summed E-state index contributed by atoms with van der Waals surface area (Å²) >= 11 is 0. The lowest BCUT2D eigenvalue weighted by Gasteiger charge is -2.10. The van der Waals surface area contributed by atoms with Crippen LogP contribution in [0, 0.1) is 18.6 Å². The van der Waals surface area contributed by atoms with E-state index in [9.17, 15) is 13.6 Å². The van der Waals surface area contributed by atoms with Gasteiger partial charge in [-0.2, -0.15) is 5.10 Å². The van der Waals surface area contributed by atoms with Crippen molar-refractivity contribution in [3.8, 4) is 16.9 Å². The van der Waals surface area contributed by atoms with Gasteiger partial charge in [0.15, 0.2) is 17.3 Å². The third kappa shape index (κ3) is 4.42. The summed E-state index contributed by atoms with van der Waals surface area (Å²) in [5, 5.41) is 10.9. The van der Waals surface area contributed by atoms with Crippen LogP contribution in [0.25, 0.3) is 16.9 Å². The Bertz CT molecular complexity index is 1020. The number of ether oxygens (including phenoxy) is 1. The van der Waals surface area contributed by atoms with Gasteiger partial charge in [-0.25, -0.2) is 13.6 Å². The Labute approximate surface area is 167 Å². The number of hydrogen-bond acceptors (Lipinski definition) is 4. The molecular weight excluding hydrogens is 378 g/mol. The lowest BCUT2D eigenvalue weighted by molar-refractivity contribution is 0.170. The molecule has 152 valence electrons. The number of nitrogens with one attached hydrogen (secondary N) is 1. The molecule has 1 N–H and O–H groups in total. The molecule has 0 fully saturated rings. The van der Waals surface area contributed by atoms with Crippen LogP contribution in [0.1, 0.15) is 36.5 Å². The first-order valence-corrected chi connectivity index (χ1v) is 9.13. The minimum absolute atomic E-state index is 0.00114. The second-order valence-corrected chi connectivity index (χ2v) is 6.99. The number of benzene rings is 2. The molecule has 8 heteroatoms. The summed E-state index contributed by atoms with van der Waals surface area (Å²) in [5.74, 6) is -1.44. The van der Waals surface area contributed by atoms with Gasteiger partial charge >= 0.3 is 6.09 Å². The van der Waals surface area contributed by atoms with Crippen LogP contribution in [0.2, 0.25) is 0 Å². The largest absolute Gasteiger partial charge is 0.453 e. The second kappa shape index (κ2) is 8.38. The highest BCUT2D eigenvalue weighted by Crippen LogP contribution is 2.25. The molecule has 1 aromatic heterocycles. The maximum atomic E-state index is 14.5. The zero-order valence-corrected chi connectivity index (χ0v) is 16.7. The molecule has 1 heterocycles. The molecule has 1 amide bonds. The number of halogens is 2. The molecule has 0 spiro atoms. The molecule has 3 aromatic rings. The van der Waals surface area contributed by atoms with E-state index in [1.807, 2.05) is 39.0 Å². The van der Waals surface area contributed by atoms with Crippen molar-refractivity contribution in [1.82, 2.24) is 20.3 Å². The van der Waals surface area contributed by atoms with Gasteiger partial charge in [-0.3, -0.25) is 0 Å². The topological polar surface area (TPSA) is 69.0 Å². The van der Waals surface area contributed by atoms with Crippen molar-refractivity contribution in [2.24, 2.45) is 0 Å². The van der Waals surface area contributed by atoms with Crippen molar-refractivity contribution in [1.29, 1.82) is 0 Å². The summed E-state index contributed by atoms with van der Waals surface area (Å²) in [5.41, 5.74) is 3.25. The fourth-order valence-corrected chi connectivity index (χ4v) is 2.87. The minimum Gasteiger partial charge on any atom is -0.453 e. The number of aryl methyl sites for hydroxylation is 1. The predicted molar refractivity (Wildman–Crippen MR) is 105 cm³/mol. The molecule has 0 radical (unpaired) electrons. The third-order valence-electron chi connectivity index (χ3n) is 4.65. The smallest absolute Gasteiger partial charge is 0.407 e. The zero-order valence-electron chi connectivity index (χ0n) is 16.7. The van der Waals surface area contributed by atoms with Crippen LogP contribution in [0.5, 0.6) is 0 Å². The highest BCUT2D eigenvalue weighted by Gasteiger charge is 2.17. The van der Waals surface area contributed by atoms with Crippen molar-refractivity contribution >= 4 is 6.09 Å². The van der Waals surface area contributed by atoms with Gasteiger partial charge in [-0.15, -0.1) is 9.90 Å². The van der Waals surface area contributed by atoms with E-state index in [1.54, 1.807) is 0 Å². The fourth-order valence-electron chi connectivity index (χ4n) is 2.87. The van der Waals surface area contributed by atoms with Crippen molar-refractivity contribution in [3.05, 3.63) is 64.9 Å². The van der Waals surface area contributed by atoms with Crippen molar-refractivity contribution < 1.29 is 18.3 Å². The Morgan fingerprint density at radius 1 is 1.21 bits per heavy atom. The Hall–Kier alpha value is -3.29. The van der Waals surface area contributed by atoms with Gasteiger partial charge in [0.05, 0.1) is 13.3 Å². The van der Waals surface area contributed by atoms with Gasteiger partial charge in [0.2, 0.25) is 0 Å². The van der Waals surface area contributed by atoms with Crippen molar-refractivity contribution in [2.75, 3.05) is 7.11 Å². The van der Waals surface area contributed by atoms with E-state index < -0.39 is 17.7 Å². The monoisotopic (exact) mass is 400 g/mol. The SMILES string of the molecule is COC(=O)NCc1cc(-c2cnn(-c3c(F)cc(C(C)C)cc3F)n2)ccc1C. The average Bonchev–Trinajstić information content (AvgIpc) is 3.16. The quantitative estimate of drug-likeness (QED) is 0.685. The van der Waals surface area contributed by atoms with E-state index in [2.05, 4.69) is 20.3 Å². The number of methoxy groups -OCH3 is 1. The summed E-state index contributed by atoms with van der Waals surface area (Å²) < 4.78 is 33.6. The van der Waals surface area contributed by atoms with Gasteiger partial charge in [-0.05, 0) is 47.7 Å². The highest BCUT2D eigenvalue weighted by molar-refractivity contribution is 5.67. The number of alkyl carbamates (subject to hydrolysis) is 1. The lowest BCUT2D eigenvalue weighted by atomic mass is 10.0. The maximum absolute atomic E-state index is 14.5. The molecule has 29 heavy (non-hydrogen) atoms. The van der Waals surface area contributed by atoms with Crippen LogP contribution in [0.3, 0.4) is 0 Å². The van der Waals surface area contributed by atoms with E-state index in [4.69, 9.17) is 0 Å². The molecule has 0 saturated carbocycles. The maximum Gasteiger partial charge on any atom is 0.407 e. The van der Waals surface area contributed by atoms with Crippen molar-refractivity contribution in [2.45, 2.75) is 33.2 Å². The number of carbonyl (C=O) groups excluding carboxylic acids is 1. The van der Waals surface area contributed by atoms with Crippen LogP contribution in [-0.4, -0.2) is 28.2 Å². The van der Waals surface area contributed by atoms with Crippen LogP contribution >= 0.6 is 0 Å². The van der Waals surface area contributed by atoms with E-state index in [0.717, 1.165) is 15.9 Å². The van der Waals surface area contributed by atoms with Crippen LogP contribution in [0.15, 0.2) is 36.5 Å². The standard InChI is InChI=1S/C21H22F2N4O2/c1-12(2)15-8-17(22)20(18(23)9-15)27-25-11-19(26-27)14-6-5-13(3)16(7-14)10-24-21(28)29-4/h5-9,11-12H,10H2,1-4H3,(H,24,28). The van der Waals surface area contributed by atoms with Gasteiger partial charge in [0.25, 0.3) is 0 Å². The van der Waals surface area contributed by atoms with Crippen molar-refractivity contribution in [3.63, 3.8) is 0 Å². The van der Waals surface area contributed by atoms with Gasteiger partial charge < -0.3 is 10.1 Å². The molecule has 0 unspecified atom stereocenters. The molecule has 0 atom stereocenters. The molecule has 6 nitrogen and oxygen atoms in total. The number of amides is 1. The molecule has 0 aliphatic carbocycles. The summed E-state index contributed by atoms with van der Waals surface area (Å²) in [7, 11) is 1.29. The fraction of sp³-hybridized carbons (Fsp3) is 0.286. The average molecular weight is 400 g/mol. The molecule has 3 rings (SSSR count). The number of nitrogens with zero attached hydrogens (tertiary/aromatic N) is 3. The van der Waals surface area contributed by atoms with Crippen LogP contribution in [0.4, 0.5) is 13.6 Å². The first kappa shape index (κ1) is 20.4. The summed E-state index contributed by atoms with van der Waals surface area (Å²) in [6, 6.07) is 8.15. The molecule has 0 bridgehead atoms. The number of hydrogen-bond donors (Lipinski definition) is 1. The molecule has 0 saturated heterocycles. The van der Waals surface area contributed by atoms with E-state index >= 15 is 0 Å². The van der Waals surface area contributed by atoms with E-state index in [-0.39, 0.29) is 18.2 Å². The lowest BCUT2D eigenvalue weighted by Crippen LogP contribution is -2.22. The molecule has 0 aliphatic heterocycles. The van der Waals surface area contributed by atoms with E-state index in [1.165, 1.54) is 25.4 Å². The van der Waals surface area contributed by atoms with Crippen LogP contribution in [-0.2, 0) is 11.3 Å². The normalized spacial score (nSPS) is 11.0. The number of rotatable bonds is 5. The highest BCUT2D eigenvalue weighted by atomic mass is 19.1. The summed E-state index contributed by atoms with van der Waals surface area (Å²) in [6.45, 7) is 5.92. The Kier molecular flexibility index (Phi) is 5.91. The first-order valence-electron chi connectivity index (χ1n) is 9.13. The summed E-state index contributed by atoms with van der Waals surface area (Å²) in [6.07, 6.45) is 0.911. The van der Waals surface area contributed by atoms with Gasteiger partial charge in [-0.1, -0.05) is 26.0 Å². The summed E-state index contributed by atoms with van der Waals surface area (Å²) in [4.78, 5) is 12.3. The van der Waals surface area contributed by atoms with Gasteiger partial charge in [0, 0.05) is 12.1 Å². The number of aromatic nitrogens is 3. The zero-order chi connectivity index (χ0) is 21.1. The molecule has 2 aromatic carbocycles. The molecular formula is C21H22F2N4O2. The van der Waals surface area contributed by atoms with E-state index in [0.29, 0.717) is 16.8 Å². The Morgan fingerprint density at radius 3 is 2.52 bits per heavy atom. The Morgan fingerprint density at radius 2 is 1.90 bits per heavy atom.